The van der Waals surface area contributed by atoms with E-state index >= 15 is 0 Å². The lowest BCUT2D eigenvalue weighted by Gasteiger charge is -2.08. The molecule has 0 aliphatic carbocycles. The molecule has 0 aliphatic heterocycles. The van der Waals surface area contributed by atoms with Gasteiger partial charge in [0.1, 0.15) is 10.7 Å². The number of aromatic nitrogens is 2. The minimum Gasteiger partial charge on any atom is -0.353 e. The van der Waals surface area contributed by atoms with Gasteiger partial charge in [0.2, 0.25) is 10.0 Å². The van der Waals surface area contributed by atoms with Crippen LogP contribution in [0.5, 0.6) is 0 Å². The third-order valence-corrected chi connectivity index (χ3v) is 5.44. The van der Waals surface area contributed by atoms with Crippen molar-refractivity contribution in [2.24, 2.45) is 5.14 Å². The van der Waals surface area contributed by atoms with Gasteiger partial charge in [-0.2, -0.15) is 0 Å². The number of pyridine rings is 1. The highest BCUT2D eigenvalue weighted by Crippen LogP contribution is 2.27. The van der Waals surface area contributed by atoms with Crippen LogP contribution >= 0.6 is 0 Å². The minimum atomic E-state index is -3.82. The Bertz CT molecular complexity index is 1060. The summed E-state index contributed by atoms with van der Waals surface area (Å²) in [5.74, 6) is -0.230. The fourth-order valence-corrected chi connectivity index (χ4v) is 3.76. The van der Waals surface area contributed by atoms with E-state index in [2.05, 4.69) is 9.97 Å². The Morgan fingerprint density at radius 2 is 1.96 bits per heavy atom. The van der Waals surface area contributed by atoms with E-state index in [4.69, 9.17) is 5.14 Å². The molecule has 0 bridgehead atoms. The number of H-pyrrole nitrogens is 1. The molecule has 0 radical (unpaired) electrons. The van der Waals surface area contributed by atoms with Crippen molar-refractivity contribution in [3.63, 3.8) is 0 Å². The lowest BCUT2D eigenvalue weighted by molar-refractivity contribution is 0.595. The molecule has 0 fully saturated rings. The summed E-state index contributed by atoms with van der Waals surface area (Å²) in [4.78, 5) is 7.83. The topological polar surface area (TPSA) is 88.8 Å². The second-order valence-corrected chi connectivity index (χ2v) is 7.89. The Balaban J connectivity index is 2.10. The number of aromatic amines is 1. The summed E-state index contributed by atoms with van der Waals surface area (Å²) in [5.41, 5.74) is 3.26. The molecule has 3 N–H and O–H groups in total. The summed E-state index contributed by atoms with van der Waals surface area (Å²) in [7, 11) is -3.82. The molecule has 1 aromatic carbocycles. The number of rotatable bonds is 6. The van der Waals surface area contributed by atoms with Crippen LogP contribution in [0, 0.1) is 5.82 Å². The molecule has 3 rings (SSSR count). The minimum absolute atomic E-state index is 0.0603. The van der Waals surface area contributed by atoms with E-state index in [1.807, 2.05) is 19.9 Å². The van der Waals surface area contributed by atoms with Gasteiger partial charge in [-0.15, -0.1) is 0 Å². The molecule has 7 heteroatoms. The van der Waals surface area contributed by atoms with Crippen LogP contribution < -0.4 is 5.14 Å². The van der Waals surface area contributed by atoms with Gasteiger partial charge in [0.25, 0.3) is 0 Å². The monoisotopic (exact) mass is 375 g/mol. The van der Waals surface area contributed by atoms with Crippen LogP contribution in [-0.4, -0.2) is 18.4 Å². The van der Waals surface area contributed by atoms with Crippen molar-refractivity contribution in [2.75, 3.05) is 0 Å². The number of hydrogen-bond acceptors (Lipinski definition) is 3. The van der Waals surface area contributed by atoms with Crippen LogP contribution in [0.3, 0.4) is 0 Å². The molecule has 2 aromatic heterocycles. The number of benzene rings is 1. The molecule has 2 heterocycles. The maximum Gasteiger partial charge on any atom is 0.239 e. The molecule has 0 spiro atoms. The van der Waals surface area contributed by atoms with Gasteiger partial charge in [-0.05, 0) is 55.2 Å². The molecule has 138 valence electrons. The number of nitrogens with one attached hydrogen (secondary N) is 1. The third kappa shape index (κ3) is 3.64. The van der Waals surface area contributed by atoms with E-state index in [0.29, 0.717) is 35.5 Å². The third-order valence-electron chi connectivity index (χ3n) is 4.45. The molecule has 0 saturated carbocycles. The second-order valence-electron chi connectivity index (χ2n) is 6.36. The zero-order valence-electron chi connectivity index (χ0n) is 14.8. The van der Waals surface area contributed by atoms with Crippen molar-refractivity contribution < 1.29 is 12.8 Å². The molecule has 26 heavy (non-hydrogen) atoms. The maximum absolute atomic E-state index is 14.0. The predicted octanol–water partition coefficient (Wildman–Crippen LogP) is 3.92. The van der Waals surface area contributed by atoms with Gasteiger partial charge in [-0.1, -0.05) is 20.3 Å². The van der Waals surface area contributed by atoms with Crippen molar-refractivity contribution in [3.8, 4) is 11.4 Å². The van der Waals surface area contributed by atoms with Gasteiger partial charge in [0.05, 0.1) is 17.1 Å². The summed E-state index contributed by atoms with van der Waals surface area (Å²) in [5, 5.41) is 6.06. The van der Waals surface area contributed by atoms with E-state index in [1.54, 1.807) is 12.1 Å². The van der Waals surface area contributed by atoms with Crippen LogP contribution in [-0.2, 0) is 22.9 Å². The Labute approximate surface area is 152 Å². The maximum atomic E-state index is 14.0. The molecule has 0 aliphatic rings. The summed E-state index contributed by atoms with van der Waals surface area (Å²) >= 11 is 0. The number of aryl methyl sites for hydroxylation is 2. The molecular weight excluding hydrogens is 353 g/mol. The number of hydrogen-bond donors (Lipinski definition) is 2. The van der Waals surface area contributed by atoms with E-state index in [1.165, 1.54) is 12.1 Å². The average Bonchev–Trinajstić information content (AvgIpc) is 3.00. The first-order valence-electron chi connectivity index (χ1n) is 8.67. The SMILES string of the molecule is CCCCc1nc(-c2cc3cc(F)c(CC)cc3[nH]2)ccc1S(N)(=O)=O. The van der Waals surface area contributed by atoms with Crippen molar-refractivity contribution in [1.82, 2.24) is 9.97 Å². The van der Waals surface area contributed by atoms with Crippen molar-refractivity contribution in [2.45, 2.75) is 44.4 Å². The summed E-state index contributed by atoms with van der Waals surface area (Å²) in [6, 6.07) is 8.24. The highest BCUT2D eigenvalue weighted by molar-refractivity contribution is 7.89. The lowest BCUT2D eigenvalue weighted by Crippen LogP contribution is -2.15. The van der Waals surface area contributed by atoms with E-state index < -0.39 is 10.0 Å². The standard InChI is InChI=1S/C19H22FN3O2S/c1-3-5-6-16-19(26(21,24)25)8-7-15(22-16)18-11-13-9-14(20)12(4-2)10-17(13)23-18/h7-11,23H,3-6H2,1-2H3,(H2,21,24,25). The lowest BCUT2D eigenvalue weighted by atomic mass is 10.1. The molecular formula is C19H22FN3O2S. The van der Waals surface area contributed by atoms with Crippen LogP contribution in [0.1, 0.15) is 37.9 Å². The van der Waals surface area contributed by atoms with Crippen LogP contribution in [0.25, 0.3) is 22.3 Å². The van der Waals surface area contributed by atoms with E-state index in [-0.39, 0.29) is 10.7 Å². The smallest absolute Gasteiger partial charge is 0.239 e. The zero-order chi connectivity index (χ0) is 18.9. The Kier molecular flexibility index (Phi) is 5.11. The number of halogens is 1. The second kappa shape index (κ2) is 7.17. The molecule has 0 amide bonds. The van der Waals surface area contributed by atoms with Gasteiger partial charge in [0.15, 0.2) is 0 Å². The van der Waals surface area contributed by atoms with Gasteiger partial charge >= 0.3 is 0 Å². The predicted molar refractivity (Wildman–Crippen MR) is 101 cm³/mol. The number of unbranched alkanes of at least 4 members (excludes halogenated alkanes) is 1. The Morgan fingerprint density at radius 3 is 2.62 bits per heavy atom. The molecule has 0 saturated heterocycles. The summed E-state index contributed by atoms with van der Waals surface area (Å²) in [6.45, 7) is 3.93. The van der Waals surface area contributed by atoms with Crippen LogP contribution in [0.4, 0.5) is 4.39 Å². The zero-order valence-corrected chi connectivity index (χ0v) is 15.7. The van der Waals surface area contributed by atoms with E-state index in [9.17, 15) is 12.8 Å². The molecule has 0 atom stereocenters. The highest BCUT2D eigenvalue weighted by Gasteiger charge is 2.17. The number of fused-ring (bicyclic) bond motifs is 1. The van der Waals surface area contributed by atoms with Gasteiger partial charge in [0, 0.05) is 10.9 Å². The fourth-order valence-electron chi connectivity index (χ4n) is 3.03. The fraction of sp³-hybridized carbons (Fsp3) is 0.316. The first kappa shape index (κ1) is 18.5. The first-order chi connectivity index (χ1) is 12.3. The first-order valence-corrected chi connectivity index (χ1v) is 10.2. The Hall–Kier alpha value is -2.25. The molecule has 3 aromatic rings. The number of nitrogens with two attached hydrogens (primary N) is 1. The number of nitrogens with zero attached hydrogens (tertiary/aromatic N) is 1. The summed E-state index contributed by atoms with van der Waals surface area (Å²) in [6.07, 6.45) is 2.88. The van der Waals surface area contributed by atoms with E-state index in [0.717, 1.165) is 23.7 Å². The highest BCUT2D eigenvalue weighted by atomic mass is 32.2. The van der Waals surface area contributed by atoms with Crippen molar-refractivity contribution >= 4 is 20.9 Å². The Morgan fingerprint density at radius 1 is 1.19 bits per heavy atom. The van der Waals surface area contributed by atoms with Gasteiger partial charge in [-0.3, -0.25) is 0 Å². The number of primary sulfonamides is 1. The quantitative estimate of drug-likeness (QED) is 0.684. The van der Waals surface area contributed by atoms with Crippen molar-refractivity contribution in [1.29, 1.82) is 0 Å². The van der Waals surface area contributed by atoms with Gasteiger partial charge in [-0.25, -0.2) is 22.9 Å². The van der Waals surface area contributed by atoms with Crippen LogP contribution in [0.15, 0.2) is 35.2 Å². The molecule has 0 unspecified atom stereocenters. The molecule has 5 nitrogen and oxygen atoms in total. The summed E-state index contributed by atoms with van der Waals surface area (Å²) < 4.78 is 37.6. The van der Waals surface area contributed by atoms with Crippen LogP contribution in [0.2, 0.25) is 0 Å². The largest absolute Gasteiger partial charge is 0.353 e. The average molecular weight is 375 g/mol. The van der Waals surface area contributed by atoms with Gasteiger partial charge < -0.3 is 4.98 Å². The normalized spacial score (nSPS) is 12.0. The number of sulfonamides is 1. The van der Waals surface area contributed by atoms with Crippen molar-refractivity contribution in [3.05, 3.63) is 47.4 Å².